The third-order valence-corrected chi connectivity index (χ3v) is 3.94. The van der Waals surface area contributed by atoms with Crippen LogP contribution in [0.15, 0.2) is 0 Å². The van der Waals surface area contributed by atoms with Crippen molar-refractivity contribution in [2.75, 3.05) is 24.8 Å². The standard InChI is InChI=1S/C10H22ClNO3S/c11-7-3-1-2-6-10-16(14,15)12-8-4-5-9-13/h12-13H,1-10H2. The van der Waals surface area contributed by atoms with Gasteiger partial charge in [-0.1, -0.05) is 12.8 Å². The summed E-state index contributed by atoms with van der Waals surface area (Å²) >= 11 is 5.52. The van der Waals surface area contributed by atoms with Gasteiger partial charge < -0.3 is 5.11 Å². The highest BCUT2D eigenvalue weighted by molar-refractivity contribution is 7.89. The lowest BCUT2D eigenvalue weighted by atomic mass is 10.2. The molecule has 4 nitrogen and oxygen atoms in total. The third-order valence-electron chi connectivity index (χ3n) is 2.20. The summed E-state index contributed by atoms with van der Waals surface area (Å²) in [6, 6.07) is 0. The van der Waals surface area contributed by atoms with Crippen LogP contribution in [0.5, 0.6) is 0 Å². The number of hydrogen-bond donors (Lipinski definition) is 2. The maximum atomic E-state index is 11.4. The van der Waals surface area contributed by atoms with Gasteiger partial charge in [-0.3, -0.25) is 0 Å². The first-order chi connectivity index (χ1) is 7.62. The van der Waals surface area contributed by atoms with Crippen LogP contribution in [0.4, 0.5) is 0 Å². The van der Waals surface area contributed by atoms with Gasteiger partial charge >= 0.3 is 0 Å². The van der Waals surface area contributed by atoms with Gasteiger partial charge in [0.15, 0.2) is 0 Å². The highest BCUT2D eigenvalue weighted by atomic mass is 35.5. The summed E-state index contributed by atoms with van der Waals surface area (Å²) in [5, 5.41) is 8.53. The summed E-state index contributed by atoms with van der Waals surface area (Å²) in [4.78, 5) is 0. The zero-order valence-corrected chi connectivity index (χ0v) is 11.2. The van der Waals surface area contributed by atoms with Crippen molar-refractivity contribution in [1.82, 2.24) is 4.72 Å². The molecule has 0 saturated heterocycles. The SMILES string of the molecule is O=S(=O)(CCCCCCCl)NCCCCO. The van der Waals surface area contributed by atoms with Crippen molar-refractivity contribution in [2.45, 2.75) is 38.5 Å². The lowest BCUT2D eigenvalue weighted by Gasteiger charge is -2.05. The summed E-state index contributed by atoms with van der Waals surface area (Å²) in [6.45, 7) is 0.532. The minimum atomic E-state index is -3.11. The van der Waals surface area contributed by atoms with E-state index in [4.69, 9.17) is 16.7 Å². The van der Waals surface area contributed by atoms with Gasteiger partial charge in [0.1, 0.15) is 0 Å². The topological polar surface area (TPSA) is 66.4 Å². The summed E-state index contributed by atoms with van der Waals surface area (Å²) in [5.41, 5.74) is 0. The van der Waals surface area contributed by atoms with Crippen molar-refractivity contribution in [3.63, 3.8) is 0 Å². The second-order valence-electron chi connectivity index (χ2n) is 3.75. The molecule has 0 aromatic heterocycles. The number of aliphatic hydroxyl groups is 1. The lowest BCUT2D eigenvalue weighted by molar-refractivity contribution is 0.285. The molecule has 0 aromatic rings. The number of halogens is 1. The zero-order chi connectivity index (χ0) is 12.3. The second kappa shape index (κ2) is 10.3. The fraction of sp³-hybridized carbons (Fsp3) is 1.00. The van der Waals surface area contributed by atoms with E-state index in [2.05, 4.69) is 4.72 Å². The fourth-order valence-corrected chi connectivity index (χ4v) is 2.65. The van der Waals surface area contributed by atoms with Crippen LogP contribution < -0.4 is 4.72 Å². The molecule has 0 unspecified atom stereocenters. The van der Waals surface area contributed by atoms with Crippen LogP contribution in [-0.2, 0) is 10.0 Å². The largest absolute Gasteiger partial charge is 0.396 e. The quantitative estimate of drug-likeness (QED) is 0.442. The number of hydrogen-bond acceptors (Lipinski definition) is 3. The van der Waals surface area contributed by atoms with Crippen LogP contribution in [0.25, 0.3) is 0 Å². The molecule has 0 bridgehead atoms. The highest BCUT2D eigenvalue weighted by Gasteiger charge is 2.08. The summed E-state index contributed by atoms with van der Waals surface area (Å²) < 4.78 is 25.4. The molecule has 0 atom stereocenters. The number of alkyl halides is 1. The van der Waals surface area contributed by atoms with Gasteiger partial charge in [-0.15, -0.1) is 11.6 Å². The molecule has 0 spiro atoms. The van der Waals surface area contributed by atoms with E-state index in [9.17, 15) is 8.42 Å². The molecule has 0 radical (unpaired) electrons. The Morgan fingerprint density at radius 1 is 1.00 bits per heavy atom. The molecule has 98 valence electrons. The van der Waals surface area contributed by atoms with E-state index in [1.807, 2.05) is 0 Å². The molecule has 2 N–H and O–H groups in total. The van der Waals surface area contributed by atoms with E-state index in [-0.39, 0.29) is 12.4 Å². The predicted molar refractivity (Wildman–Crippen MR) is 67.3 cm³/mol. The molecule has 0 heterocycles. The number of unbranched alkanes of at least 4 members (excludes halogenated alkanes) is 4. The van der Waals surface area contributed by atoms with E-state index in [0.717, 1.165) is 19.3 Å². The first-order valence-electron chi connectivity index (χ1n) is 5.76. The Kier molecular flexibility index (Phi) is 10.4. The molecule has 0 aromatic carbocycles. The predicted octanol–water partition coefficient (Wildman–Crippen LogP) is 1.48. The van der Waals surface area contributed by atoms with Crippen molar-refractivity contribution < 1.29 is 13.5 Å². The van der Waals surface area contributed by atoms with Gasteiger partial charge in [0.2, 0.25) is 10.0 Å². The van der Waals surface area contributed by atoms with Gasteiger partial charge in [0.25, 0.3) is 0 Å². The van der Waals surface area contributed by atoms with Crippen LogP contribution in [0.2, 0.25) is 0 Å². The van der Waals surface area contributed by atoms with Crippen LogP contribution in [0.3, 0.4) is 0 Å². The monoisotopic (exact) mass is 271 g/mol. The average Bonchev–Trinajstić information content (AvgIpc) is 2.24. The molecule has 16 heavy (non-hydrogen) atoms. The minimum absolute atomic E-state index is 0.111. The van der Waals surface area contributed by atoms with Gasteiger partial charge in [-0.2, -0.15) is 0 Å². The van der Waals surface area contributed by atoms with E-state index >= 15 is 0 Å². The smallest absolute Gasteiger partial charge is 0.211 e. The number of sulfonamides is 1. The Hall–Kier alpha value is 0.160. The normalized spacial score (nSPS) is 11.9. The molecule has 6 heteroatoms. The van der Waals surface area contributed by atoms with E-state index < -0.39 is 10.0 Å². The van der Waals surface area contributed by atoms with Crippen LogP contribution >= 0.6 is 11.6 Å². The first-order valence-corrected chi connectivity index (χ1v) is 7.95. The van der Waals surface area contributed by atoms with Crippen molar-refractivity contribution in [3.8, 4) is 0 Å². The highest BCUT2D eigenvalue weighted by Crippen LogP contribution is 2.03. The van der Waals surface area contributed by atoms with Crippen molar-refractivity contribution in [2.24, 2.45) is 0 Å². The van der Waals surface area contributed by atoms with Crippen LogP contribution in [-0.4, -0.2) is 38.3 Å². The molecule has 0 rings (SSSR count). The lowest BCUT2D eigenvalue weighted by Crippen LogP contribution is -2.27. The third kappa shape index (κ3) is 10.7. The Balaban J connectivity index is 3.47. The van der Waals surface area contributed by atoms with Gasteiger partial charge in [-0.05, 0) is 25.7 Å². The van der Waals surface area contributed by atoms with Crippen molar-refractivity contribution in [3.05, 3.63) is 0 Å². The van der Waals surface area contributed by atoms with E-state index in [0.29, 0.717) is 31.7 Å². The molecular formula is C10H22ClNO3S. The average molecular weight is 272 g/mol. The summed E-state index contributed by atoms with van der Waals surface area (Å²) in [5.74, 6) is 0.834. The molecule has 0 aliphatic heterocycles. The molecule has 0 aliphatic carbocycles. The van der Waals surface area contributed by atoms with Crippen molar-refractivity contribution in [1.29, 1.82) is 0 Å². The molecule has 0 saturated carbocycles. The Bertz CT molecular complexity index is 244. The fourth-order valence-electron chi connectivity index (χ4n) is 1.28. The second-order valence-corrected chi connectivity index (χ2v) is 6.05. The number of rotatable bonds is 11. The summed E-state index contributed by atoms with van der Waals surface area (Å²) in [6.07, 6.45) is 4.85. The Labute approximate surface area is 103 Å². The minimum Gasteiger partial charge on any atom is -0.396 e. The molecule has 0 aliphatic rings. The Morgan fingerprint density at radius 2 is 1.69 bits per heavy atom. The number of nitrogens with one attached hydrogen (secondary N) is 1. The summed E-state index contributed by atoms with van der Waals surface area (Å²) in [7, 11) is -3.11. The van der Waals surface area contributed by atoms with Crippen LogP contribution in [0, 0.1) is 0 Å². The van der Waals surface area contributed by atoms with Gasteiger partial charge in [0, 0.05) is 19.0 Å². The zero-order valence-electron chi connectivity index (χ0n) is 9.62. The maximum absolute atomic E-state index is 11.4. The van der Waals surface area contributed by atoms with Crippen LogP contribution in [0.1, 0.15) is 38.5 Å². The van der Waals surface area contributed by atoms with Gasteiger partial charge in [0.05, 0.1) is 5.75 Å². The Morgan fingerprint density at radius 3 is 2.31 bits per heavy atom. The maximum Gasteiger partial charge on any atom is 0.211 e. The molecule has 0 amide bonds. The first kappa shape index (κ1) is 16.2. The van der Waals surface area contributed by atoms with Crippen molar-refractivity contribution >= 4 is 21.6 Å². The number of aliphatic hydroxyl groups excluding tert-OH is 1. The van der Waals surface area contributed by atoms with E-state index in [1.54, 1.807) is 0 Å². The van der Waals surface area contributed by atoms with Gasteiger partial charge in [-0.25, -0.2) is 13.1 Å². The van der Waals surface area contributed by atoms with E-state index in [1.165, 1.54) is 0 Å². The molecular weight excluding hydrogens is 250 g/mol. The molecule has 0 fully saturated rings.